The van der Waals surface area contributed by atoms with Gasteiger partial charge in [0.2, 0.25) is 0 Å². The van der Waals surface area contributed by atoms with Gasteiger partial charge in [-0.2, -0.15) is 0 Å². The fourth-order valence-corrected chi connectivity index (χ4v) is 3.97. The number of carbonyl (C=O) groups excluding carboxylic acids is 1. The molecule has 2 heterocycles. The predicted octanol–water partition coefficient (Wildman–Crippen LogP) is 3.79. The SMILES string of the molecule is CC[C@@]1(O)C(=O)OCc2c1cc1c3[nH]c4ccccc4cc-3cc1c2O. The number of aromatic hydroxyl groups is 1. The van der Waals surface area contributed by atoms with Crippen LogP contribution in [0.4, 0.5) is 0 Å². The number of cyclic esters (lactones) is 1. The Bertz CT molecular complexity index is 1180. The number of aliphatic hydroxyl groups is 1. The van der Waals surface area contributed by atoms with Gasteiger partial charge in [0.05, 0.1) is 5.69 Å². The van der Waals surface area contributed by atoms with E-state index < -0.39 is 11.6 Å². The van der Waals surface area contributed by atoms with E-state index >= 15 is 0 Å². The molecule has 1 atom stereocenters. The first-order valence-corrected chi connectivity index (χ1v) is 8.62. The minimum absolute atomic E-state index is 0.0362. The number of aromatic nitrogens is 1. The summed E-state index contributed by atoms with van der Waals surface area (Å²) in [7, 11) is 0. The lowest BCUT2D eigenvalue weighted by Gasteiger charge is -2.32. The van der Waals surface area contributed by atoms with Crippen LogP contribution in [-0.4, -0.2) is 21.2 Å². The molecule has 2 aromatic carbocycles. The highest BCUT2D eigenvalue weighted by Gasteiger charge is 2.44. The van der Waals surface area contributed by atoms with Crippen molar-refractivity contribution in [2.75, 3.05) is 0 Å². The Hall–Kier alpha value is -3.05. The average Bonchev–Trinajstić information content (AvgIpc) is 3.01. The Balaban J connectivity index is 1.90. The molecule has 130 valence electrons. The van der Waals surface area contributed by atoms with Crippen molar-refractivity contribution in [3.63, 3.8) is 0 Å². The normalized spacial score (nSPS) is 19.8. The van der Waals surface area contributed by atoms with E-state index in [4.69, 9.17) is 4.74 Å². The Morgan fingerprint density at radius 3 is 2.81 bits per heavy atom. The van der Waals surface area contributed by atoms with Gasteiger partial charge in [0.1, 0.15) is 12.4 Å². The highest BCUT2D eigenvalue weighted by molar-refractivity contribution is 6.07. The standard InChI is InChI=1S/C21H17NO4/c1-2-21(25)16-9-13-14(19(23)15(16)10-26-20(21)24)8-12-7-11-5-3-4-6-17(11)22-18(12)13/h3-9,22-23,25H,2,10H2,1H3/t21-/m0/s1. The fraction of sp³-hybridized carbons (Fsp3) is 0.190. The predicted molar refractivity (Wildman–Crippen MR) is 98.1 cm³/mol. The van der Waals surface area contributed by atoms with Crippen LogP contribution in [0.15, 0.2) is 42.5 Å². The second kappa shape index (κ2) is 4.99. The number of fused-ring (bicyclic) bond motifs is 5. The second-order valence-corrected chi connectivity index (χ2v) is 6.83. The molecule has 0 aromatic heterocycles. The number of pyridine rings is 1. The molecule has 3 aliphatic rings. The highest BCUT2D eigenvalue weighted by atomic mass is 16.6. The van der Waals surface area contributed by atoms with Gasteiger partial charge in [0.15, 0.2) is 5.60 Å². The van der Waals surface area contributed by atoms with Crippen LogP contribution in [0.25, 0.3) is 32.9 Å². The van der Waals surface area contributed by atoms with E-state index in [0.717, 1.165) is 27.5 Å². The van der Waals surface area contributed by atoms with Crippen LogP contribution >= 0.6 is 0 Å². The van der Waals surface area contributed by atoms with Crippen LogP contribution in [0.5, 0.6) is 5.75 Å². The number of phenols is 1. The third-order valence-electron chi connectivity index (χ3n) is 5.48. The number of H-pyrrole nitrogens is 1. The highest BCUT2D eigenvalue weighted by Crippen LogP contribution is 2.46. The summed E-state index contributed by atoms with van der Waals surface area (Å²) in [5.74, 6) is -0.609. The number of rotatable bonds is 1. The van der Waals surface area contributed by atoms with Crippen molar-refractivity contribution in [1.29, 1.82) is 0 Å². The topological polar surface area (TPSA) is 82.5 Å². The molecule has 5 heteroatoms. The van der Waals surface area contributed by atoms with Gasteiger partial charge in [-0.15, -0.1) is 0 Å². The van der Waals surface area contributed by atoms with E-state index in [2.05, 4.69) is 11.1 Å². The van der Waals surface area contributed by atoms with Crippen LogP contribution in [-0.2, 0) is 21.7 Å². The number of hydrogen-bond donors (Lipinski definition) is 3. The summed E-state index contributed by atoms with van der Waals surface area (Å²) < 4.78 is 5.12. The van der Waals surface area contributed by atoms with Crippen molar-refractivity contribution in [2.24, 2.45) is 0 Å². The van der Waals surface area contributed by atoms with Crippen LogP contribution in [0.1, 0.15) is 24.5 Å². The number of carbonyl (C=O) groups is 1. The van der Waals surface area contributed by atoms with Gasteiger partial charge in [-0.05, 0) is 41.6 Å². The quantitative estimate of drug-likeness (QED) is 0.458. The van der Waals surface area contributed by atoms with Crippen LogP contribution in [0.2, 0.25) is 0 Å². The van der Waals surface area contributed by atoms with Gasteiger partial charge in [-0.1, -0.05) is 25.1 Å². The summed E-state index contributed by atoms with van der Waals surface area (Å²) in [6.45, 7) is 1.69. The van der Waals surface area contributed by atoms with E-state index in [1.807, 2.05) is 36.4 Å². The molecule has 0 radical (unpaired) electrons. The Labute approximate surface area is 149 Å². The molecule has 0 saturated carbocycles. The maximum atomic E-state index is 12.2. The molecule has 0 saturated heterocycles. The number of aromatic amines is 1. The molecule has 1 aliphatic carbocycles. The van der Waals surface area contributed by atoms with Crippen molar-refractivity contribution in [3.8, 4) is 17.0 Å². The van der Waals surface area contributed by atoms with Gasteiger partial charge in [0, 0.05) is 27.4 Å². The van der Waals surface area contributed by atoms with Crippen molar-refractivity contribution in [1.82, 2.24) is 4.98 Å². The number of hydrogen-bond acceptors (Lipinski definition) is 4. The lowest BCUT2D eigenvalue weighted by molar-refractivity contribution is -0.172. The first kappa shape index (κ1) is 15.2. The molecule has 3 N–H and O–H groups in total. The summed E-state index contributed by atoms with van der Waals surface area (Å²) in [4.78, 5) is 15.6. The number of nitrogens with one attached hydrogen (secondary N) is 1. The summed E-state index contributed by atoms with van der Waals surface area (Å²) in [6.07, 6.45) is 0.176. The molecule has 5 rings (SSSR count). The van der Waals surface area contributed by atoms with Crippen molar-refractivity contribution >= 4 is 27.6 Å². The van der Waals surface area contributed by atoms with Gasteiger partial charge in [0.25, 0.3) is 0 Å². The van der Waals surface area contributed by atoms with E-state index in [0.29, 0.717) is 16.5 Å². The number of phenolic OH excluding ortho intramolecular Hbond substituents is 1. The second-order valence-electron chi connectivity index (χ2n) is 6.83. The minimum atomic E-state index is -1.74. The zero-order chi connectivity index (χ0) is 18.1. The number of esters is 1. The Morgan fingerprint density at radius 2 is 2.00 bits per heavy atom. The Morgan fingerprint density at radius 1 is 1.19 bits per heavy atom. The zero-order valence-electron chi connectivity index (χ0n) is 14.2. The molecule has 2 aliphatic heterocycles. The van der Waals surface area contributed by atoms with Gasteiger partial charge >= 0.3 is 5.97 Å². The monoisotopic (exact) mass is 347 g/mol. The van der Waals surface area contributed by atoms with E-state index in [1.165, 1.54) is 0 Å². The maximum absolute atomic E-state index is 12.2. The Kier molecular flexibility index (Phi) is 2.92. The van der Waals surface area contributed by atoms with Crippen molar-refractivity contribution in [3.05, 3.63) is 53.6 Å². The summed E-state index contributed by atoms with van der Waals surface area (Å²) >= 11 is 0. The first-order chi connectivity index (χ1) is 12.5. The molecule has 0 unspecified atom stereocenters. The summed E-state index contributed by atoms with van der Waals surface area (Å²) in [5, 5.41) is 24.2. The van der Waals surface area contributed by atoms with Gasteiger partial charge in [-0.25, -0.2) is 4.79 Å². The minimum Gasteiger partial charge on any atom is -0.507 e. The average molecular weight is 347 g/mol. The smallest absolute Gasteiger partial charge is 0.343 e. The van der Waals surface area contributed by atoms with Crippen molar-refractivity contribution in [2.45, 2.75) is 25.6 Å². The molecule has 2 aromatic rings. The number of para-hydroxylation sites is 1. The zero-order valence-corrected chi connectivity index (χ0v) is 14.2. The molecule has 0 spiro atoms. The third-order valence-corrected chi connectivity index (χ3v) is 5.48. The molecule has 0 bridgehead atoms. The maximum Gasteiger partial charge on any atom is 0.343 e. The van der Waals surface area contributed by atoms with Gasteiger partial charge in [-0.3, -0.25) is 0 Å². The lowest BCUT2D eigenvalue weighted by Crippen LogP contribution is -2.40. The van der Waals surface area contributed by atoms with Gasteiger partial charge < -0.3 is 19.9 Å². The summed E-state index contributed by atoms with van der Waals surface area (Å²) in [5.41, 5.74) is 1.98. The van der Waals surface area contributed by atoms with E-state index in [-0.39, 0.29) is 18.8 Å². The molecule has 0 fully saturated rings. The van der Waals surface area contributed by atoms with Crippen molar-refractivity contribution < 1.29 is 19.7 Å². The lowest BCUT2D eigenvalue weighted by atomic mass is 9.84. The molecule has 26 heavy (non-hydrogen) atoms. The largest absolute Gasteiger partial charge is 0.507 e. The molecule has 5 nitrogen and oxygen atoms in total. The fourth-order valence-electron chi connectivity index (χ4n) is 3.97. The van der Waals surface area contributed by atoms with Crippen LogP contribution in [0, 0.1) is 0 Å². The first-order valence-electron chi connectivity index (χ1n) is 8.62. The van der Waals surface area contributed by atoms with Crippen LogP contribution < -0.4 is 0 Å². The number of benzene rings is 2. The van der Waals surface area contributed by atoms with Crippen LogP contribution in [0.3, 0.4) is 0 Å². The summed E-state index contributed by atoms with van der Waals surface area (Å²) in [6, 6.07) is 13.7. The molecule has 0 amide bonds. The van der Waals surface area contributed by atoms with E-state index in [1.54, 1.807) is 6.92 Å². The third kappa shape index (κ3) is 1.81. The molecular weight excluding hydrogens is 330 g/mol. The molecular formula is C21H17NO4. The van der Waals surface area contributed by atoms with E-state index in [9.17, 15) is 15.0 Å². The number of ether oxygens (including phenoxy) is 1.